The van der Waals surface area contributed by atoms with Gasteiger partial charge in [-0.15, -0.1) is 6.58 Å². The van der Waals surface area contributed by atoms with Crippen LogP contribution in [0, 0.1) is 5.92 Å². The minimum absolute atomic E-state index is 0.288. The molecule has 1 fully saturated rings. The first kappa shape index (κ1) is 13.7. The smallest absolute Gasteiger partial charge is 0.326 e. The molecule has 0 aromatic carbocycles. The number of piperidine rings is 1. The maximum atomic E-state index is 12.0. The van der Waals surface area contributed by atoms with Gasteiger partial charge in [-0.25, -0.2) is 4.79 Å². The van der Waals surface area contributed by atoms with E-state index in [1.54, 1.807) is 6.08 Å². The van der Waals surface area contributed by atoms with Crippen molar-refractivity contribution in [3.05, 3.63) is 12.7 Å². The number of rotatable bonds is 4. The lowest BCUT2D eigenvalue weighted by molar-refractivity contribution is -0.153. The third kappa shape index (κ3) is 3.30. The number of carboxylic acid groups (broad SMARTS) is 1. The van der Waals surface area contributed by atoms with Crippen molar-refractivity contribution in [1.29, 1.82) is 0 Å². The summed E-state index contributed by atoms with van der Waals surface area (Å²) < 4.78 is 0. The van der Waals surface area contributed by atoms with Gasteiger partial charge in [-0.05, 0) is 25.2 Å². The molecule has 3 N–H and O–H groups in total. The van der Waals surface area contributed by atoms with Gasteiger partial charge in [-0.1, -0.05) is 13.0 Å². The summed E-state index contributed by atoms with van der Waals surface area (Å²) in [6, 6.07) is -1.41. The van der Waals surface area contributed by atoms with Crippen molar-refractivity contribution >= 4 is 11.9 Å². The van der Waals surface area contributed by atoms with Gasteiger partial charge < -0.3 is 15.7 Å². The van der Waals surface area contributed by atoms with Crippen molar-refractivity contribution in [2.45, 2.75) is 38.3 Å². The van der Waals surface area contributed by atoms with Gasteiger partial charge >= 0.3 is 5.97 Å². The van der Waals surface area contributed by atoms with Crippen molar-refractivity contribution in [3.63, 3.8) is 0 Å². The van der Waals surface area contributed by atoms with Crippen LogP contribution in [0.15, 0.2) is 12.7 Å². The first-order valence-corrected chi connectivity index (χ1v) is 5.87. The third-order valence-corrected chi connectivity index (χ3v) is 3.17. The van der Waals surface area contributed by atoms with Crippen LogP contribution in [0.5, 0.6) is 0 Å². The number of hydrogen-bond donors (Lipinski definition) is 2. The first-order valence-electron chi connectivity index (χ1n) is 5.87. The molecule has 1 aliphatic heterocycles. The molecule has 1 saturated heterocycles. The maximum absolute atomic E-state index is 12.0. The Hall–Kier alpha value is -1.36. The van der Waals surface area contributed by atoms with E-state index < -0.39 is 18.1 Å². The second kappa shape index (κ2) is 5.82. The monoisotopic (exact) mass is 240 g/mol. The number of amides is 1. The molecular formula is C12H20N2O3. The quantitative estimate of drug-likeness (QED) is 0.705. The van der Waals surface area contributed by atoms with Crippen LogP contribution in [0.2, 0.25) is 0 Å². The van der Waals surface area contributed by atoms with Gasteiger partial charge in [0.15, 0.2) is 0 Å². The zero-order valence-corrected chi connectivity index (χ0v) is 10.1. The minimum Gasteiger partial charge on any atom is -0.480 e. The standard InChI is InChI=1S/C12H20N2O3/c1-3-4-9(13)11(15)14-6-5-8(2)7-10(14)12(16)17/h3,8-10H,1,4-7,13H2,2H3,(H,16,17). The molecule has 1 amide bonds. The molecule has 0 saturated carbocycles. The number of nitrogens with zero attached hydrogens (tertiary/aromatic N) is 1. The molecule has 0 radical (unpaired) electrons. The Labute approximate surface area is 101 Å². The molecular weight excluding hydrogens is 220 g/mol. The zero-order chi connectivity index (χ0) is 13.0. The number of likely N-dealkylation sites (tertiary alicyclic amines) is 1. The van der Waals surface area contributed by atoms with Crippen molar-refractivity contribution in [1.82, 2.24) is 4.90 Å². The Bertz CT molecular complexity index is 317. The third-order valence-electron chi connectivity index (χ3n) is 3.17. The zero-order valence-electron chi connectivity index (χ0n) is 10.1. The molecule has 1 rings (SSSR count). The average Bonchev–Trinajstić information content (AvgIpc) is 2.28. The molecule has 3 unspecified atom stereocenters. The van der Waals surface area contributed by atoms with E-state index in [1.165, 1.54) is 4.90 Å². The van der Waals surface area contributed by atoms with E-state index >= 15 is 0 Å². The molecule has 96 valence electrons. The fraction of sp³-hybridized carbons (Fsp3) is 0.667. The van der Waals surface area contributed by atoms with Gasteiger partial charge in [-0.3, -0.25) is 4.79 Å². The highest BCUT2D eigenvalue weighted by molar-refractivity contribution is 5.87. The molecule has 0 bridgehead atoms. The molecule has 0 aromatic heterocycles. The van der Waals surface area contributed by atoms with Gasteiger partial charge in [0.25, 0.3) is 0 Å². The number of carbonyl (C=O) groups excluding carboxylic acids is 1. The van der Waals surface area contributed by atoms with Crippen molar-refractivity contribution in [2.24, 2.45) is 11.7 Å². The van der Waals surface area contributed by atoms with Crippen LogP contribution in [0.1, 0.15) is 26.2 Å². The number of nitrogens with two attached hydrogens (primary N) is 1. The Balaban J connectivity index is 2.75. The summed E-state index contributed by atoms with van der Waals surface area (Å²) in [6.07, 6.45) is 3.28. The molecule has 1 heterocycles. The summed E-state index contributed by atoms with van der Waals surface area (Å²) in [7, 11) is 0. The lowest BCUT2D eigenvalue weighted by Gasteiger charge is -2.37. The Morgan fingerprint density at radius 1 is 1.65 bits per heavy atom. The number of carboxylic acids is 1. The predicted octanol–water partition coefficient (Wildman–Crippen LogP) is 0.601. The minimum atomic E-state index is -0.948. The van der Waals surface area contributed by atoms with Gasteiger partial charge in [-0.2, -0.15) is 0 Å². The highest BCUT2D eigenvalue weighted by Gasteiger charge is 2.36. The topological polar surface area (TPSA) is 83.6 Å². The molecule has 3 atom stereocenters. The molecule has 5 heteroatoms. The first-order chi connectivity index (χ1) is 7.97. The SMILES string of the molecule is C=CCC(N)C(=O)N1CCC(C)CC1C(=O)O. The average molecular weight is 240 g/mol. The van der Waals surface area contributed by atoms with E-state index in [-0.39, 0.29) is 5.91 Å². The number of carbonyl (C=O) groups is 2. The predicted molar refractivity (Wildman–Crippen MR) is 64.3 cm³/mol. The maximum Gasteiger partial charge on any atom is 0.326 e. The van der Waals surface area contributed by atoms with E-state index in [4.69, 9.17) is 10.8 Å². The summed E-state index contributed by atoms with van der Waals surface area (Å²) in [4.78, 5) is 24.5. The molecule has 0 aromatic rings. The lowest BCUT2D eigenvalue weighted by Crippen LogP contribution is -2.54. The van der Waals surface area contributed by atoms with Crippen molar-refractivity contribution < 1.29 is 14.7 Å². The molecule has 0 spiro atoms. The fourth-order valence-corrected chi connectivity index (χ4v) is 2.13. The van der Waals surface area contributed by atoms with Gasteiger partial charge in [0.2, 0.25) is 5.91 Å². The van der Waals surface area contributed by atoms with Gasteiger partial charge in [0.1, 0.15) is 6.04 Å². The Kier molecular flexibility index (Phi) is 4.69. The van der Waals surface area contributed by atoms with E-state index in [9.17, 15) is 9.59 Å². The van der Waals surface area contributed by atoms with Crippen LogP contribution < -0.4 is 5.73 Å². The highest BCUT2D eigenvalue weighted by atomic mass is 16.4. The van der Waals surface area contributed by atoms with Gasteiger partial charge in [0, 0.05) is 6.54 Å². The number of aliphatic carboxylic acids is 1. The largest absolute Gasteiger partial charge is 0.480 e. The second-order valence-corrected chi connectivity index (χ2v) is 4.65. The molecule has 5 nitrogen and oxygen atoms in total. The van der Waals surface area contributed by atoms with Crippen LogP contribution in [0.25, 0.3) is 0 Å². The summed E-state index contributed by atoms with van der Waals surface area (Å²) in [5.74, 6) is -0.907. The summed E-state index contributed by atoms with van der Waals surface area (Å²) in [5, 5.41) is 9.13. The van der Waals surface area contributed by atoms with Crippen LogP contribution in [-0.2, 0) is 9.59 Å². The van der Waals surface area contributed by atoms with Crippen molar-refractivity contribution in [3.8, 4) is 0 Å². The Morgan fingerprint density at radius 3 is 2.82 bits per heavy atom. The Morgan fingerprint density at radius 2 is 2.29 bits per heavy atom. The van der Waals surface area contributed by atoms with E-state index in [2.05, 4.69) is 6.58 Å². The van der Waals surface area contributed by atoms with E-state index in [0.29, 0.717) is 25.3 Å². The van der Waals surface area contributed by atoms with Crippen LogP contribution in [0.4, 0.5) is 0 Å². The van der Waals surface area contributed by atoms with Crippen molar-refractivity contribution in [2.75, 3.05) is 6.54 Å². The van der Waals surface area contributed by atoms with E-state index in [0.717, 1.165) is 6.42 Å². The van der Waals surface area contributed by atoms with Crippen LogP contribution in [0.3, 0.4) is 0 Å². The second-order valence-electron chi connectivity index (χ2n) is 4.65. The van der Waals surface area contributed by atoms with E-state index in [1.807, 2.05) is 6.92 Å². The van der Waals surface area contributed by atoms with Crippen LogP contribution in [-0.4, -0.2) is 40.5 Å². The molecule has 17 heavy (non-hydrogen) atoms. The number of hydrogen-bond acceptors (Lipinski definition) is 3. The highest BCUT2D eigenvalue weighted by Crippen LogP contribution is 2.23. The van der Waals surface area contributed by atoms with Crippen LogP contribution >= 0.6 is 0 Å². The summed E-state index contributed by atoms with van der Waals surface area (Å²) in [6.45, 7) is 6.00. The molecule has 0 aliphatic carbocycles. The summed E-state index contributed by atoms with van der Waals surface area (Å²) in [5.41, 5.74) is 5.70. The molecule has 1 aliphatic rings. The summed E-state index contributed by atoms with van der Waals surface area (Å²) >= 11 is 0. The lowest BCUT2D eigenvalue weighted by atomic mass is 9.91. The van der Waals surface area contributed by atoms with Gasteiger partial charge in [0.05, 0.1) is 6.04 Å². The normalized spacial score (nSPS) is 26.4. The fourth-order valence-electron chi connectivity index (χ4n) is 2.13.